The van der Waals surface area contributed by atoms with Crippen molar-refractivity contribution in [2.45, 2.75) is 20.3 Å². The zero-order valence-corrected chi connectivity index (χ0v) is 13.4. The van der Waals surface area contributed by atoms with E-state index in [4.69, 9.17) is 11.6 Å². The van der Waals surface area contributed by atoms with Gasteiger partial charge in [0.2, 0.25) is 5.91 Å². The minimum absolute atomic E-state index is 0.104. The highest BCUT2D eigenvalue weighted by Gasteiger charge is 2.14. The van der Waals surface area contributed by atoms with Crippen molar-refractivity contribution in [1.29, 1.82) is 0 Å². The molecule has 116 valence electrons. The zero-order valence-electron chi connectivity index (χ0n) is 12.6. The molecule has 0 saturated carbocycles. The molecule has 0 aliphatic heterocycles. The summed E-state index contributed by atoms with van der Waals surface area (Å²) in [4.78, 5) is 25.1. The van der Waals surface area contributed by atoms with Gasteiger partial charge in [0.1, 0.15) is 0 Å². The average molecular weight is 313 g/mol. The molecule has 0 atom stereocenters. The summed E-state index contributed by atoms with van der Waals surface area (Å²) < 4.78 is 4.63. The molecule has 1 amide bonds. The third kappa shape index (κ3) is 6.14. The molecule has 1 rings (SSSR count). The molecule has 1 N–H and O–H groups in total. The fourth-order valence-electron chi connectivity index (χ4n) is 1.85. The van der Waals surface area contributed by atoms with Crippen LogP contribution in [0.1, 0.15) is 18.9 Å². The second kappa shape index (κ2) is 8.64. The standard InChI is InChI=1S/C15H21ClN2O3/c1-4-7-18(10-15(20)21-3)9-14(19)17-12-6-5-11(2)13(16)8-12/h5-6,8H,4,7,9-10H2,1-3H3,(H,17,19). The molecular weight excluding hydrogens is 292 g/mol. The molecule has 6 heteroatoms. The second-order valence-electron chi connectivity index (χ2n) is 4.80. The summed E-state index contributed by atoms with van der Waals surface area (Å²) in [6.45, 7) is 4.77. The SMILES string of the molecule is CCCN(CC(=O)Nc1ccc(C)c(Cl)c1)CC(=O)OC. The molecule has 0 aliphatic carbocycles. The fourth-order valence-corrected chi connectivity index (χ4v) is 2.03. The molecule has 0 heterocycles. The van der Waals surface area contributed by atoms with Crippen LogP contribution in [0.15, 0.2) is 18.2 Å². The summed E-state index contributed by atoms with van der Waals surface area (Å²) in [6, 6.07) is 5.35. The second-order valence-corrected chi connectivity index (χ2v) is 5.21. The summed E-state index contributed by atoms with van der Waals surface area (Å²) in [5.41, 5.74) is 1.60. The van der Waals surface area contributed by atoms with Crippen molar-refractivity contribution in [3.63, 3.8) is 0 Å². The molecule has 0 bridgehead atoms. The molecule has 0 aromatic heterocycles. The van der Waals surface area contributed by atoms with Crippen molar-refractivity contribution in [1.82, 2.24) is 4.90 Å². The molecule has 0 radical (unpaired) electrons. The van der Waals surface area contributed by atoms with E-state index in [0.717, 1.165) is 12.0 Å². The van der Waals surface area contributed by atoms with Gasteiger partial charge in [0.25, 0.3) is 0 Å². The van der Waals surface area contributed by atoms with Crippen LogP contribution in [0.2, 0.25) is 5.02 Å². The number of carbonyl (C=O) groups excluding carboxylic acids is 2. The number of amides is 1. The van der Waals surface area contributed by atoms with Gasteiger partial charge in [-0.15, -0.1) is 0 Å². The van der Waals surface area contributed by atoms with Crippen molar-refractivity contribution < 1.29 is 14.3 Å². The van der Waals surface area contributed by atoms with E-state index in [-0.39, 0.29) is 25.0 Å². The van der Waals surface area contributed by atoms with Gasteiger partial charge in [-0.2, -0.15) is 0 Å². The number of nitrogens with zero attached hydrogens (tertiary/aromatic N) is 1. The number of esters is 1. The Morgan fingerprint density at radius 2 is 2.05 bits per heavy atom. The van der Waals surface area contributed by atoms with Crippen LogP contribution >= 0.6 is 11.6 Å². The van der Waals surface area contributed by atoms with Crippen LogP contribution < -0.4 is 5.32 Å². The van der Waals surface area contributed by atoms with E-state index in [9.17, 15) is 9.59 Å². The molecule has 0 fully saturated rings. The van der Waals surface area contributed by atoms with Gasteiger partial charge in [0.05, 0.1) is 20.2 Å². The number of rotatable bonds is 7. The van der Waals surface area contributed by atoms with Crippen LogP contribution in [-0.4, -0.2) is 43.5 Å². The van der Waals surface area contributed by atoms with Gasteiger partial charge in [-0.05, 0) is 37.6 Å². The zero-order chi connectivity index (χ0) is 15.8. The number of hydrogen-bond donors (Lipinski definition) is 1. The van der Waals surface area contributed by atoms with Crippen molar-refractivity contribution >= 4 is 29.2 Å². The Bertz CT molecular complexity index is 506. The quantitative estimate of drug-likeness (QED) is 0.786. The lowest BCUT2D eigenvalue weighted by Gasteiger charge is -2.19. The van der Waals surface area contributed by atoms with E-state index in [0.29, 0.717) is 17.3 Å². The average Bonchev–Trinajstić information content (AvgIpc) is 2.43. The number of carbonyl (C=O) groups is 2. The molecule has 1 aromatic rings. The lowest BCUT2D eigenvalue weighted by molar-refractivity contribution is -0.142. The summed E-state index contributed by atoms with van der Waals surface area (Å²) >= 11 is 6.02. The van der Waals surface area contributed by atoms with E-state index >= 15 is 0 Å². The lowest BCUT2D eigenvalue weighted by atomic mass is 10.2. The van der Waals surface area contributed by atoms with Crippen LogP contribution in [-0.2, 0) is 14.3 Å². The molecule has 5 nitrogen and oxygen atoms in total. The van der Waals surface area contributed by atoms with E-state index in [1.807, 2.05) is 19.9 Å². The largest absolute Gasteiger partial charge is 0.468 e. The van der Waals surface area contributed by atoms with E-state index in [1.165, 1.54) is 7.11 Å². The first-order valence-corrected chi connectivity index (χ1v) is 7.19. The molecule has 0 saturated heterocycles. The van der Waals surface area contributed by atoms with Crippen molar-refractivity contribution in [3.05, 3.63) is 28.8 Å². The summed E-state index contributed by atoms with van der Waals surface area (Å²) in [7, 11) is 1.33. The fraction of sp³-hybridized carbons (Fsp3) is 0.467. The van der Waals surface area contributed by atoms with Gasteiger partial charge in [-0.3, -0.25) is 14.5 Å². The number of aryl methyl sites for hydroxylation is 1. The molecule has 1 aromatic carbocycles. The van der Waals surface area contributed by atoms with E-state index in [1.54, 1.807) is 17.0 Å². The number of anilines is 1. The lowest BCUT2D eigenvalue weighted by Crippen LogP contribution is -2.37. The molecule has 0 aliphatic rings. The van der Waals surface area contributed by atoms with Gasteiger partial charge in [0, 0.05) is 10.7 Å². The number of hydrogen-bond acceptors (Lipinski definition) is 4. The maximum absolute atomic E-state index is 12.0. The Morgan fingerprint density at radius 3 is 2.62 bits per heavy atom. The molecule has 21 heavy (non-hydrogen) atoms. The topological polar surface area (TPSA) is 58.6 Å². The van der Waals surface area contributed by atoms with Crippen LogP contribution in [0.25, 0.3) is 0 Å². The Morgan fingerprint density at radius 1 is 1.33 bits per heavy atom. The first-order chi connectivity index (χ1) is 9.96. The summed E-state index contributed by atoms with van der Waals surface area (Å²) in [5, 5.41) is 3.38. The van der Waals surface area contributed by atoms with E-state index in [2.05, 4.69) is 10.1 Å². The van der Waals surface area contributed by atoms with Gasteiger partial charge in [-0.1, -0.05) is 24.6 Å². The Labute approximate surface area is 130 Å². The first-order valence-electron chi connectivity index (χ1n) is 6.81. The maximum Gasteiger partial charge on any atom is 0.319 e. The number of halogens is 1. The Hall–Kier alpha value is -1.59. The highest BCUT2D eigenvalue weighted by molar-refractivity contribution is 6.31. The maximum atomic E-state index is 12.0. The van der Waals surface area contributed by atoms with Crippen LogP contribution in [0, 0.1) is 6.92 Å². The van der Waals surface area contributed by atoms with Crippen molar-refractivity contribution in [3.8, 4) is 0 Å². The number of nitrogens with one attached hydrogen (secondary N) is 1. The monoisotopic (exact) mass is 312 g/mol. The van der Waals surface area contributed by atoms with Crippen LogP contribution in [0.5, 0.6) is 0 Å². The van der Waals surface area contributed by atoms with Gasteiger partial charge < -0.3 is 10.1 Å². The van der Waals surface area contributed by atoms with Crippen LogP contribution in [0.3, 0.4) is 0 Å². The smallest absolute Gasteiger partial charge is 0.319 e. The summed E-state index contributed by atoms with van der Waals surface area (Å²) in [6.07, 6.45) is 0.848. The normalized spacial score (nSPS) is 10.5. The summed E-state index contributed by atoms with van der Waals surface area (Å²) in [5.74, 6) is -0.540. The highest BCUT2D eigenvalue weighted by Crippen LogP contribution is 2.19. The van der Waals surface area contributed by atoms with Crippen molar-refractivity contribution in [2.24, 2.45) is 0 Å². The molecule has 0 spiro atoms. The van der Waals surface area contributed by atoms with Gasteiger partial charge in [0.15, 0.2) is 0 Å². The molecule has 0 unspecified atom stereocenters. The van der Waals surface area contributed by atoms with E-state index < -0.39 is 0 Å². The predicted octanol–water partition coefficient (Wildman–Crippen LogP) is 2.47. The van der Waals surface area contributed by atoms with Crippen LogP contribution in [0.4, 0.5) is 5.69 Å². The highest BCUT2D eigenvalue weighted by atomic mass is 35.5. The minimum Gasteiger partial charge on any atom is -0.468 e. The van der Waals surface area contributed by atoms with Gasteiger partial charge in [-0.25, -0.2) is 0 Å². The number of methoxy groups -OCH3 is 1. The third-order valence-electron chi connectivity index (χ3n) is 2.94. The number of benzene rings is 1. The Kier molecular flexibility index (Phi) is 7.19. The third-order valence-corrected chi connectivity index (χ3v) is 3.35. The number of ether oxygens (including phenoxy) is 1. The Balaban J connectivity index is 2.60. The first kappa shape index (κ1) is 17.5. The predicted molar refractivity (Wildman–Crippen MR) is 83.6 cm³/mol. The van der Waals surface area contributed by atoms with Crippen molar-refractivity contribution in [2.75, 3.05) is 32.1 Å². The molecular formula is C15H21ClN2O3. The van der Waals surface area contributed by atoms with Gasteiger partial charge >= 0.3 is 5.97 Å². The minimum atomic E-state index is -0.352.